The highest BCUT2D eigenvalue weighted by Crippen LogP contribution is 2.21. The maximum atomic E-state index is 6.77. The van der Waals surface area contributed by atoms with Gasteiger partial charge in [0.05, 0.1) is 6.42 Å². The second-order valence-corrected chi connectivity index (χ2v) is 3.97. The second kappa shape index (κ2) is 3.78. The second-order valence-electron chi connectivity index (χ2n) is 3.97. The van der Waals surface area contributed by atoms with Crippen molar-refractivity contribution in [1.29, 1.82) is 0 Å². The van der Waals surface area contributed by atoms with Gasteiger partial charge in [-0.15, -0.1) is 0 Å². The van der Waals surface area contributed by atoms with Gasteiger partial charge in [0.15, 0.2) is 0 Å². The molecule has 0 radical (unpaired) electrons. The predicted octanol–water partition coefficient (Wildman–Crippen LogP) is 3.25. The summed E-state index contributed by atoms with van der Waals surface area (Å²) in [4.78, 5) is 6.74. The zero-order chi connectivity index (χ0) is 10.8. The molecule has 0 unspecified atom stereocenters. The zero-order valence-electron chi connectivity index (χ0n) is 9.09. The molecule has 15 heavy (non-hydrogen) atoms. The third-order valence-corrected chi connectivity index (χ3v) is 2.64. The largest absolute Gasteiger partial charge is 0.358 e. The Hall–Kier alpha value is -1.75. The lowest BCUT2D eigenvalue weighted by atomic mass is 10.1. The van der Waals surface area contributed by atoms with Crippen LogP contribution < -0.4 is 0 Å². The van der Waals surface area contributed by atoms with Crippen LogP contribution in [0.15, 0.2) is 18.2 Å². The van der Waals surface area contributed by atoms with E-state index in [1.54, 1.807) is 0 Å². The predicted molar refractivity (Wildman–Crippen MR) is 62.9 cm³/mol. The third-order valence-electron chi connectivity index (χ3n) is 2.64. The van der Waals surface area contributed by atoms with Gasteiger partial charge in [-0.05, 0) is 37.1 Å². The van der Waals surface area contributed by atoms with E-state index in [1.807, 2.05) is 0 Å². The zero-order valence-corrected chi connectivity index (χ0v) is 9.09. The summed E-state index contributed by atoms with van der Waals surface area (Å²) in [6, 6.07) is 6.51. The van der Waals surface area contributed by atoms with Gasteiger partial charge in [-0.1, -0.05) is 6.07 Å². The summed E-state index contributed by atoms with van der Waals surface area (Å²) in [7, 11) is 0. The van der Waals surface area contributed by atoms with Crippen molar-refractivity contribution in [3.05, 3.63) is 46.4 Å². The van der Waals surface area contributed by atoms with Crippen LogP contribution in [0.25, 0.3) is 15.7 Å². The Labute approximate surface area is 89.7 Å². The van der Waals surface area contributed by atoms with Crippen LogP contribution in [-0.2, 0) is 6.42 Å². The molecule has 0 fully saturated rings. The van der Waals surface area contributed by atoms with Gasteiger partial charge in [0, 0.05) is 16.6 Å². The van der Waals surface area contributed by atoms with Crippen molar-refractivity contribution in [3.63, 3.8) is 0 Å². The van der Waals surface area contributed by atoms with E-state index >= 15 is 0 Å². The molecule has 0 atom stereocenters. The number of fused-ring (bicyclic) bond motifs is 1. The Bertz CT molecular complexity index is 529. The molecule has 1 aromatic heterocycles. The van der Waals surface area contributed by atoms with E-state index in [9.17, 15) is 0 Å². The van der Waals surface area contributed by atoms with E-state index in [1.165, 1.54) is 22.0 Å². The van der Waals surface area contributed by atoms with Crippen molar-refractivity contribution in [2.45, 2.75) is 20.3 Å². The van der Waals surface area contributed by atoms with Crippen LogP contribution in [0.5, 0.6) is 0 Å². The van der Waals surface area contributed by atoms with E-state index < -0.39 is 0 Å². The summed E-state index contributed by atoms with van der Waals surface area (Å²) < 4.78 is 0. The molecule has 1 N–H and O–H groups in total. The van der Waals surface area contributed by atoms with Crippen molar-refractivity contribution in [2.24, 2.45) is 0 Å². The van der Waals surface area contributed by atoms with Crippen LogP contribution in [0.4, 0.5) is 0 Å². The van der Waals surface area contributed by atoms with Crippen molar-refractivity contribution >= 4 is 10.9 Å². The van der Waals surface area contributed by atoms with E-state index in [0.29, 0.717) is 6.54 Å². The van der Waals surface area contributed by atoms with Crippen molar-refractivity contribution in [2.75, 3.05) is 6.54 Å². The van der Waals surface area contributed by atoms with Gasteiger partial charge in [-0.25, -0.2) is 6.57 Å². The molecule has 0 saturated carbocycles. The summed E-state index contributed by atoms with van der Waals surface area (Å²) in [5, 5.41) is 1.28. The minimum Gasteiger partial charge on any atom is -0.358 e. The van der Waals surface area contributed by atoms with Gasteiger partial charge in [0.1, 0.15) is 0 Å². The molecule has 0 aliphatic rings. The van der Waals surface area contributed by atoms with Gasteiger partial charge < -0.3 is 9.83 Å². The van der Waals surface area contributed by atoms with Crippen LogP contribution in [0.2, 0.25) is 0 Å². The normalized spacial score (nSPS) is 10.5. The fourth-order valence-corrected chi connectivity index (χ4v) is 1.97. The van der Waals surface area contributed by atoms with Gasteiger partial charge in [0.25, 0.3) is 0 Å². The van der Waals surface area contributed by atoms with Gasteiger partial charge in [-0.3, -0.25) is 0 Å². The van der Waals surface area contributed by atoms with Gasteiger partial charge in [0.2, 0.25) is 6.54 Å². The Morgan fingerprint density at radius 3 is 2.80 bits per heavy atom. The monoisotopic (exact) mass is 198 g/mol. The van der Waals surface area contributed by atoms with E-state index in [2.05, 4.69) is 41.9 Å². The molecular weight excluding hydrogens is 184 g/mol. The first kappa shape index (κ1) is 9.79. The number of nitrogens with one attached hydrogen (secondary N) is 1. The SMILES string of the molecule is [C-]#[N+]CCc1cc2c(C)cc(C)cc2[nH]1. The van der Waals surface area contributed by atoms with Gasteiger partial charge in [-0.2, -0.15) is 0 Å². The molecule has 1 aromatic carbocycles. The Morgan fingerprint density at radius 1 is 1.27 bits per heavy atom. The van der Waals surface area contributed by atoms with Crippen molar-refractivity contribution < 1.29 is 0 Å². The fourth-order valence-electron chi connectivity index (χ4n) is 1.97. The highest BCUT2D eigenvalue weighted by molar-refractivity contribution is 5.84. The average molecular weight is 198 g/mol. The molecule has 2 rings (SSSR count). The van der Waals surface area contributed by atoms with E-state index in [-0.39, 0.29) is 0 Å². The van der Waals surface area contributed by atoms with Crippen molar-refractivity contribution in [1.82, 2.24) is 4.98 Å². The number of aromatic amines is 1. The molecule has 0 amide bonds. The summed E-state index contributed by atoms with van der Waals surface area (Å²) in [5.41, 5.74) is 4.93. The highest BCUT2D eigenvalue weighted by Gasteiger charge is 2.04. The molecular formula is C13H14N2. The summed E-state index contributed by atoms with van der Waals surface area (Å²) in [5.74, 6) is 0. The Kier molecular flexibility index (Phi) is 2.47. The maximum absolute atomic E-state index is 6.77. The molecule has 2 aromatic rings. The van der Waals surface area contributed by atoms with Gasteiger partial charge >= 0.3 is 0 Å². The fraction of sp³-hybridized carbons (Fsp3) is 0.308. The lowest BCUT2D eigenvalue weighted by molar-refractivity contribution is 1.03. The lowest BCUT2D eigenvalue weighted by Crippen LogP contribution is -1.86. The molecule has 2 heteroatoms. The number of hydrogen-bond donors (Lipinski definition) is 1. The number of aromatic nitrogens is 1. The Balaban J connectivity index is 2.47. The highest BCUT2D eigenvalue weighted by atomic mass is 14.7. The van der Waals surface area contributed by atoms with E-state index in [4.69, 9.17) is 6.57 Å². The van der Waals surface area contributed by atoms with Crippen LogP contribution in [-0.4, -0.2) is 11.5 Å². The average Bonchev–Trinajstić information content (AvgIpc) is 2.57. The number of benzene rings is 1. The van der Waals surface area contributed by atoms with Crippen molar-refractivity contribution in [3.8, 4) is 0 Å². The number of nitrogens with zero attached hydrogens (tertiary/aromatic N) is 1. The standard InChI is InChI=1S/C13H14N2/c1-9-6-10(2)12-8-11(4-5-14-3)15-13(12)7-9/h6-8,15H,4-5H2,1-2H3. The quantitative estimate of drug-likeness (QED) is 0.715. The summed E-state index contributed by atoms with van der Waals surface area (Å²) in [6.45, 7) is 11.6. The van der Waals surface area contributed by atoms with Crippen LogP contribution in [0, 0.1) is 20.4 Å². The minimum atomic E-state index is 0.560. The number of H-pyrrole nitrogens is 1. The lowest BCUT2D eigenvalue weighted by Gasteiger charge is -1.97. The van der Waals surface area contributed by atoms with Crippen LogP contribution in [0.1, 0.15) is 16.8 Å². The molecule has 0 bridgehead atoms. The molecule has 76 valence electrons. The third kappa shape index (κ3) is 1.87. The van der Waals surface area contributed by atoms with E-state index in [0.717, 1.165) is 12.1 Å². The summed E-state index contributed by atoms with van der Waals surface area (Å²) >= 11 is 0. The molecule has 0 aliphatic carbocycles. The number of hydrogen-bond acceptors (Lipinski definition) is 0. The smallest absolute Gasteiger partial charge is 0.220 e. The molecule has 2 nitrogen and oxygen atoms in total. The molecule has 1 heterocycles. The first-order valence-corrected chi connectivity index (χ1v) is 5.13. The number of aryl methyl sites for hydroxylation is 2. The first-order chi connectivity index (χ1) is 7.20. The molecule has 0 saturated heterocycles. The summed E-state index contributed by atoms with van der Waals surface area (Å²) in [6.07, 6.45) is 0.816. The minimum absolute atomic E-state index is 0.560. The van der Waals surface area contributed by atoms with Crippen LogP contribution in [0.3, 0.4) is 0 Å². The van der Waals surface area contributed by atoms with Crippen LogP contribution >= 0.6 is 0 Å². The number of rotatable bonds is 2. The first-order valence-electron chi connectivity index (χ1n) is 5.13. The maximum Gasteiger partial charge on any atom is 0.220 e. The topological polar surface area (TPSA) is 20.1 Å². The molecule has 0 aliphatic heterocycles. The molecule has 0 spiro atoms. The Morgan fingerprint density at radius 2 is 2.07 bits per heavy atom.